The molecule has 4 nitrogen and oxygen atoms in total. The highest BCUT2D eigenvalue weighted by Crippen LogP contribution is 2.37. The first kappa shape index (κ1) is 16.5. The lowest BCUT2D eigenvalue weighted by molar-refractivity contribution is -0.125. The van der Waals surface area contributed by atoms with Gasteiger partial charge in [-0.25, -0.2) is 4.98 Å². The van der Waals surface area contributed by atoms with Crippen LogP contribution in [0.5, 0.6) is 0 Å². The van der Waals surface area contributed by atoms with Gasteiger partial charge in [0.15, 0.2) is 5.13 Å². The molecule has 0 bridgehead atoms. The zero-order valence-electron chi connectivity index (χ0n) is 13.5. The summed E-state index contributed by atoms with van der Waals surface area (Å²) in [5.74, 6) is -0.0304. The third kappa shape index (κ3) is 3.15. The number of carbonyl (C=O) groups excluding carboxylic acids is 1. The minimum atomic E-state index is -0.610. The number of aromatic nitrogens is 1. The van der Waals surface area contributed by atoms with Gasteiger partial charge in [-0.15, -0.1) is 0 Å². The SMILES string of the molecule is O=C(Nc1nc2ccccc2s1)C1(c2ccc(Cl)cc2)CCOCC1. The van der Waals surface area contributed by atoms with Crippen LogP contribution in [-0.4, -0.2) is 24.1 Å². The molecule has 0 unspecified atom stereocenters. The summed E-state index contributed by atoms with van der Waals surface area (Å²) in [7, 11) is 0. The molecule has 1 aliphatic rings. The minimum Gasteiger partial charge on any atom is -0.381 e. The Kier molecular flexibility index (Phi) is 4.46. The number of ether oxygens (including phenoxy) is 1. The molecule has 1 saturated heterocycles. The normalized spacial score (nSPS) is 16.7. The Morgan fingerprint density at radius 3 is 2.56 bits per heavy atom. The van der Waals surface area contributed by atoms with Crippen molar-refractivity contribution in [3.05, 3.63) is 59.1 Å². The molecule has 1 aromatic heterocycles. The lowest BCUT2D eigenvalue weighted by Gasteiger charge is -2.36. The summed E-state index contributed by atoms with van der Waals surface area (Å²) in [4.78, 5) is 17.7. The zero-order valence-corrected chi connectivity index (χ0v) is 15.1. The van der Waals surface area contributed by atoms with E-state index in [9.17, 15) is 4.79 Å². The first-order chi connectivity index (χ1) is 12.2. The van der Waals surface area contributed by atoms with E-state index >= 15 is 0 Å². The second-order valence-electron chi connectivity index (χ2n) is 6.14. The molecule has 6 heteroatoms. The fraction of sp³-hybridized carbons (Fsp3) is 0.263. The van der Waals surface area contributed by atoms with Crippen LogP contribution in [-0.2, 0) is 14.9 Å². The van der Waals surface area contributed by atoms with E-state index < -0.39 is 5.41 Å². The van der Waals surface area contributed by atoms with Gasteiger partial charge < -0.3 is 10.1 Å². The number of thiazole rings is 1. The van der Waals surface area contributed by atoms with Crippen molar-refractivity contribution >= 4 is 44.2 Å². The zero-order chi connectivity index (χ0) is 17.3. The van der Waals surface area contributed by atoms with Crippen molar-refractivity contribution in [1.29, 1.82) is 0 Å². The van der Waals surface area contributed by atoms with Gasteiger partial charge in [-0.3, -0.25) is 4.79 Å². The summed E-state index contributed by atoms with van der Waals surface area (Å²) in [6.45, 7) is 1.13. The van der Waals surface area contributed by atoms with Crippen LogP contribution in [0, 0.1) is 0 Å². The molecule has 0 spiro atoms. The second-order valence-corrected chi connectivity index (χ2v) is 7.61. The summed E-state index contributed by atoms with van der Waals surface area (Å²) in [6, 6.07) is 15.4. The van der Waals surface area contributed by atoms with Crippen LogP contribution in [0.4, 0.5) is 5.13 Å². The minimum absolute atomic E-state index is 0.0304. The maximum atomic E-state index is 13.2. The highest BCUT2D eigenvalue weighted by atomic mass is 35.5. The number of amides is 1. The maximum absolute atomic E-state index is 13.2. The van der Waals surface area contributed by atoms with Gasteiger partial charge in [-0.05, 0) is 42.7 Å². The number of fused-ring (bicyclic) bond motifs is 1. The fourth-order valence-corrected chi connectivity index (χ4v) is 4.26. The lowest BCUT2D eigenvalue weighted by atomic mass is 9.73. The van der Waals surface area contributed by atoms with Crippen molar-refractivity contribution in [3.8, 4) is 0 Å². The highest BCUT2D eigenvalue weighted by Gasteiger charge is 2.42. The highest BCUT2D eigenvalue weighted by molar-refractivity contribution is 7.22. The van der Waals surface area contributed by atoms with E-state index in [0.717, 1.165) is 15.8 Å². The van der Waals surface area contributed by atoms with Crippen LogP contribution in [0.1, 0.15) is 18.4 Å². The number of para-hydroxylation sites is 1. The van der Waals surface area contributed by atoms with Gasteiger partial charge in [-0.1, -0.05) is 47.2 Å². The van der Waals surface area contributed by atoms with E-state index in [1.165, 1.54) is 11.3 Å². The molecule has 1 amide bonds. The summed E-state index contributed by atoms with van der Waals surface area (Å²) in [5, 5.41) is 4.33. The molecule has 25 heavy (non-hydrogen) atoms. The number of rotatable bonds is 3. The summed E-state index contributed by atoms with van der Waals surface area (Å²) in [5.41, 5.74) is 1.26. The molecular weight excluding hydrogens is 356 g/mol. The smallest absolute Gasteiger partial charge is 0.236 e. The molecule has 2 heterocycles. The van der Waals surface area contributed by atoms with Crippen molar-refractivity contribution in [3.63, 3.8) is 0 Å². The monoisotopic (exact) mass is 372 g/mol. The van der Waals surface area contributed by atoms with Gasteiger partial charge in [0.25, 0.3) is 0 Å². The predicted octanol–water partition coefficient (Wildman–Crippen LogP) is 4.64. The van der Waals surface area contributed by atoms with E-state index in [2.05, 4.69) is 10.3 Å². The van der Waals surface area contributed by atoms with Crippen LogP contribution in [0.2, 0.25) is 5.02 Å². The van der Waals surface area contributed by atoms with E-state index in [1.54, 1.807) is 0 Å². The first-order valence-corrected chi connectivity index (χ1v) is 9.38. The number of benzene rings is 2. The topological polar surface area (TPSA) is 51.2 Å². The number of nitrogens with zero attached hydrogens (tertiary/aromatic N) is 1. The first-order valence-electron chi connectivity index (χ1n) is 8.18. The summed E-state index contributed by atoms with van der Waals surface area (Å²) >= 11 is 7.51. The molecule has 0 saturated carbocycles. The van der Waals surface area contributed by atoms with E-state index in [0.29, 0.717) is 36.2 Å². The molecule has 128 valence electrons. The third-order valence-corrected chi connectivity index (χ3v) is 5.90. The Morgan fingerprint density at radius 1 is 1.12 bits per heavy atom. The van der Waals surface area contributed by atoms with Crippen LogP contribution >= 0.6 is 22.9 Å². The lowest BCUT2D eigenvalue weighted by Crippen LogP contribution is -2.44. The van der Waals surface area contributed by atoms with E-state index in [4.69, 9.17) is 16.3 Å². The van der Waals surface area contributed by atoms with Gasteiger partial charge in [0, 0.05) is 18.2 Å². The molecule has 0 aliphatic carbocycles. The molecule has 0 radical (unpaired) electrons. The average Bonchev–Trinajstić information content (AvgIpc) is 3.05. The molecule has 4 rings (SSSR count). The van der Waals surface area contributed by atoms with Crippen LogP contribution < -0.4 is 5.32 Å². The predicted molar refractivity (Wildman–Crippen MR) is 101 cm³/mol. The van der Waals surface area contributed by atoms with Crippen LogP contribution in [0.25, 0.3) is 10.2 Å². The average molecular weight is 373 g/mol. The molecule has 1 aliphatic heterocycles. The third-order valence-electron chi connectivity index (χ3n) is 4.69. The van der Waals surface area contributed by atoms with Crippen LogP contribution in [0.15, 0.2) is 48.5 Å². The molecule has 0 atom stereocenters. The number of hydrogen-bond donors (Lipinski definition) is 1. The quantitative estimate of drug-likeness (QED) is 0.728. The van der Waals surface area contributed by atoms with Crippen molar-refractivity contribution in [1.82, 2.24) is 4.98 Å². The summed E-state index contributed by atoms with van der Waals surface area (Å²) in [6.07, 6.45) is 1.29. The maximum Gasteiger partial charge on any atom is 0.236 e. The number of carbonyl (C=O) groups is 1. The van der Waals surface area contributed by atoms with E-state index in [-0.39, 0.29) is 5.91 Å². The van der Waals surface area contributed by atoms with Crippen molar-refractivity contribution in [2.45, 2.75) is 18.3 Å². The van der Waals surface area contributed by atoms with Crippen molar-refractivity contribution in [2.75, 3.05) is 18.5 Å². The number of nitrogens with one attached hydrogen (secondary N) is 1. The molecule has 1 fully saturated rings. The van der Waals surface area contributed by atoms with Gasteiger partial charge in [0.2, 0.25) is 5.91 Å². The Balaban J connectivity index is 1.66. The Labute approximate surface area is 154 Å². The van der Waals surface area contributed by atoms with Gasteiger partial charge in [0.1, 0.15) is 0 Å². The largest absolute Gasteiger partial charge is 0.381 e. The van der Waals surface area contributed by atoms with Gasteiger partial charge in [0.05, 0.1) is 15.6 Å². The molecule has 2 aromatic carbocycles. The van der Waals surface area contributed by atoms with Gasteiger partial charge in [-0.2, -0.15) is 0 Å². The van der Waals surface area contributed by atoms with Gasteiger partial charge >= 0.3 is 0 Å². The number of hydrogen-bond acceptors (Lipinski definition) is 4. The Hall–Kier alpha value is -1.95. The van der Waals surface area contributed by atoms with E-state index in [1.807, 2.05) is 48.5 Å². The Morgan fingerprint density at radius 2 is 1.84 bits per heavy atom. The number of halogens is 1. The molecule has 3 aromatic rings. The van der Waals surface area contributed by atoms with Crippen molar-refractivity contribution in [2.24, 2.45) is 0 Å². The fourth-order valence-electron chi connectivity index (χ4n) is 3.28. The standard InChI is InChI=1S/C19H17ClN2O2S/c20-14-7-5-13(6-8-14)19(9-11-24-12-10-19)17(23)22-18-21-15-3-1-2-4-16(15)25-18/h1-8H,9-12H2,(H,21,22,23). The molecule has 1 N–H and O–H groups in total. The second kappa shape index (κ2) is 6.75. The van der Waals surface area contributed by atoms with Crippen molar-refractivity contribution < 1.29 is 9.53 Å². The molecular formula is C19H17ClN2O2S. The Bertz CT molecular complexity index is 868. The number of anilines is 1. The summed E-state index contributed by atoms with van der Waals surface area (Å²) < 4.78 is 6.56. The van der Waals surface area contributed by atoms with Crippen LogP contribution in [0.3, 0.4) is 0 Å².